The van der Waals surface area contributed by atoms with Crippen LogP contribution in [0.4, 0.5) is 4.79 Å². The van der Waals surface area contributed by atoms with E-state index in [0.717, 1.165) is 0 Å². The van der Waals surface area contributed by atoms with Crippen LogP contribution in [0, 0.1) is 0 Å². The van der Waals surface area contributed by atoms with Gasteiger partial charge in [-0.05, 0) is 6.92 Å². The summed E-state index contributed by atoms with van der Waals surface area (Å²) in [5, 5.41) is 0. The molecule has 1 aromatic carbocycles. The largest absolute Gasteiger partial charge is 0.414 e. The van der Waals surface area contributed by atoms with E-state index >= 15 is 0 Å². The Morgan fingerprint density at radius 3 is 2.24 bits per heavy atom. The zero-order valence-corrected chi connectivity index (χ0v) is 10.1. The highest BCUT2D eigenvalue weighted by Gasteiger charge is 2.11. The van der Waals surface area contributed by atoms with E-state index in [1.165, 1.54) is 17.9 Å². The average molecular weight is 233 g/mol. The molecular formula is C13H15NO3. The molecule has 0 saturated heterocycles. The smallest absolute Gasteiger partial charge is 0.409 e. The average Bonchev–Trinajstić information content (AvgIpc) is 2.28. The Labute approximate surface area is 100 Å². The van der Waals surface area contributed by atoms with Crippen molar-refractivity contribution in [2.24, 2.45) is 0 Å². The Hall–Kier alpha value is -2.10. The Bertz CT molecular complexity index is 435. The highest BCUT2D eigenvalue weighted by Crippen LogP contribution is 2.16. The molecule has 0 saturated carbocycles. The minimum absolute atomic E-state index is 0.171. The first-order valence-electron chi connectivity index (χ1n) is 5.17. The lowest BCUT2D eigenvalue weighted by Crippen LogP contribution is -2.22. The SMILES string of the molecule is CC(=O)/C=C(/OC(=O)N(C)C)c1ccccc1. The van der Waals surface area contributed by atoms with Gasteiger partial charge in [0.25, 0.3) is 0 Å². The van der Waals surface area contributed by atoms with Gasteiger partial charge in [-0.15, -0.1) is 0 Å². The van der Waals surface area contributed by atoms with Crippen LogP contribution in [0.3, 0.4) is 0 Å². The molecule has 0 fully saturated rings. The summed E-state index contributed by atoms with van der Waals surface area (Å²) in [5.74, 6) is 0.0900. The fraction of sp³-hybridized carbons (Fsp3) is 0.231. The summed E-state index contributed by atoms with van der Waals surface area (Å²) in [6, 6.07) is 9.03. The summed E-state index contributed by atoms with van der Waals surface area (Å²) in [4.78, 5) is 23.9. The van der Waals surface area contributed by atoms with Crippen molar-refractivity contribution >= 4 is 17.6 Å². The second-order valence-electron chi connectivity index (χ2n) is 3.75. The summed E-state index contributed by atoms with van der Waals surface area (Å²) in [7, 11) is 3.16. The molecule has 0 unspecified atom stereocenters. The first-order valence-corrected chi connectivity index (χ1v) is 5.17. The summed E-state index contributed by atoms with van der Waals surface area (Å²) in [5.41, 5.74) is 0.693. The molecule has 1 amide bonds. The fourth-order valence-electron chi connectivity index (χ4n) is 1.14. The molecular weight excluding hydrogens is 218 g/mol. The predicted octanol–water partition coefficient (Wildman–Crippen LogP) is 2.31. The highest BCUT2D eigenvalue weighted by molar-refractivity contribution is 5.95. The van der Waals surface area contributed by atoms with E-state index in [1.807, 2.05) is 18.2 Å². The zero-order valence-electron chi connectivity index (χ0n) is 10.1. The molecule has 1 aromatic rings. The molecule has 0 radical (unpaired) electrons. The van der Waals surface area contributed by atoms with E-state index < -0.39 is 6.09 Å². The van der Waals surface area contributed by atoms with Gasteiger partial charge >= 0.3 is 6.09 Å². The van der Waals surface area contributed by atoms with E-state index in [2.05, 4.69) is 0 Å². The number of ether oxygens (including phenoxy) is 1. The van der Waals surface area contributed by atoms with Crippen LogP contribution in [-0.2, 0) is 9.53 Å². The molecule has 0 heterocycles. The van der Waals surface area contributed by atoms with Crippen LogP contribution < -0.4 is 0 Å². The van der Waals surface area contributed by atoms with Gasteiger partial charge < -0.3 is 9.64 Å². The van der Waals surface area contributed by atoms with Crippen LogP contribution in [0.1, 0.15) is 12.5 Å². The number of amides is 1. The molecule has 0 spiro atoms. The standard InChI is InChI=1S/C13H15NO3/c1-10(15)9-12(17-13(16)14(2)3)11-7-5-4-6-8-11/h4-9H,1-3H3/b12-9+. The number of rotatable bonds is 3. The van der Waals surface area contributed by atoms with Crippen molar-refractivity contribution in [2.45, 2.75) is 6.92 Å². The maximum Gasteiger partial charge on any atom is 0.414 e. The minimum Gasteiger partial charge on any atom is -0.409 e. The van der Waals surface area contributed by atoms with Gasteiger partial charge in [0.15, 0.2) is 5.78 Å². The van der Waals surface area contributed by atoms with E-state index in [-0.39, 0.29) is 11.5 Å². The lowest BCUT2D eigenvalue weighted by molar-refractivity contribution is -0.112. The normalized spacial score (nSPS) is 10.9. The quantitative estimate of drug-likeness (QED) is 0.594. The van der Waals surface area contributed by atoms with Gasteiger partial charge in [0, 0.05) is 25.7 Å². The van der Waals surface area contributed by atoms with Crippen LogP contribution in [0.25, 0.3) is 5.76 Å². The number of nitrogens with zero attached hydrogens (tertiary/aromatic N) is 1. The number of carbonyl (C=O) groups excluding carboxylic acids is 2. The maximum absolute atomic E-state index is 11.5. The Kier molecular flexibility index (Phi) is 4.46. The van der Waals surface area contributed by atoms with Gasteiger partial charge in [0.2, 0.25) is 0 Å². The van der Waals surface area contributed by atoms with Crippen molar-refractivity contribution < 1.29 is 14.3 Å². The van der Waals surface area contributed by atoms with Gasteiger partial charge in [0.05, 0.1) is 0 Å². The molecule has 4 nitrogen and oxygen atoms in total. The Morgan fingerprint density at radius 2 is 1.76 bits per heavy atom. The van der Waals surface area contributed by atoms with Crippen molar-refractivity contribution in [2.75, 3.05) is 14.1 Å². The van der Waals surface area contributed by atoms with E-state index in [9.17, 15) is 9.59 Å². The number of hydrogen-bond acceptors (Lipinski definition) is 3. The van der Waals surface area contributed by atoms with Crippen molar-refractivity contribution in [3.8, 4) is 0 Å². The highest BCUT2D eigenvalue weighted by atomic mass is 16.6. The lowest BCUT2D eigenvalue weighted by Gasteiger charge is -2.13. The van der Waals surface area contributed by atoms with Gasteiger partial charge in [-0.1, -0.05) is 30.3 Å². The molecule has 0 N–H and O–H groups in total. The van der Waals surface area contributed by atoms with Gasteiger partial charge in [-0.2, -0.15) is 0 Å². The first kappa shape index (κ1) is 13.0. The topological polar surface area (TPSA) is 46.6 Å². The van der Waals surface area contributed by atoms with Crippen molar-refractivity contribution in [3.63, 3.8) is 0 Å². The molecule has 90 valence electrons. The molecule has 0 aliphatic rings. The molecule has 17 heavy (non-hydrogen) atoms. The molecule has 4 heteroatoms. The Balaban J connectivity index is 2.98. The minimum atomic E-state index is -0.513. The predicted molar refractivity (Wildman–Crippen MR) is 65.3 cm³/mol. The number of benzene rings is 1. The van der Waals surface area contributed by atoms with Crippen molar-refractivity contribution in [1.29, 1.82) is 0 Å². The molecule has 0 aromatic heterocycles. The molecule has 1 rings (SSSR count). The summed E-state index contributed by atoms with van der Waals surface area (Å²) >= 11 is 0. The third-order valence-electron chi connectivity index (χ3n) is 1.96. The summed E-state index contributed by atoms with van der Waals surface area (Å²) in [6.07, 6.45) is 0.790. The summed E-state index contributed by atoms with van der Waals surface area (Å²) in [6.45, 7) is 1.41. The van der Waals surface area contributed by atoms with E-state index in [4.69, 9.17) is 4.74 Å². The number of ketones is 1. The first-order chi connectivity index (χ1) is 8.00. The van der Waals surface area contributed by atoms with Gasteiger partial charge in [-0.25, -0.2) is 4.79 Å². The maximum atomic E-state index is 11.5. The summed E-state index contributed by atoms with van der Waals surface area (Å²) < 4.78 is 5.14. The van der Waals surface area contributed by atoms with Crippen LogP contribution in [0.15, 0.2) is 36.4 Å². The monoisotopic (exact) mass is 233 g/mol. The second-order valence-corrected chi connectivity index (χ2v) is 3.75. The molecule has 0 atom stereocenters. The number of hydrogen-bond donors (Lipinski definition) is 0. The third-order valence-corrected chi connectivity index (χ3v) is 1.96. The van der Waals surface area contributed by atoms with Crippen molar-refractivity contribution in [1.82, 2.24) is 4.90 Å². The van der Waals surface area contributed by atoms with Crippen LogP contribution in [0.2, 0.25) is 0 Å². The van der Waals surface area contributed by atoms with E-state index in [0.29, 0.717) is 5.56 Å². The molecule has 0 aliphatic heterocycles. The fourth-order valence-corrected chi connectivity index (χ4v) is 1.14. The van der Waals surface area contributed by atoms with Gasteiger partial charge in [0.1, 0.15) is 5.76 Å². The van der Waals surface area contributed by atoms with Crippen LogP contribution >= 0.6 is 0 Å². The molecule has 0 bridgehead atoms. The van der Waals surface area contributed by atoms with Crippen molar-refractivity contribution in [3.05, 3.63) is 42.0 Å². The lowest BCUT2D eigenvalue weighted by atomic mass is 10.1. The van der Waals surface area contributed by atoms with Crippen LogP contribution in [-0.4, -0.2) is 30.9 Å². The number of carbonyl (C=O) groups is 2. The van der Waals surface area contributed by atoms with Crippen LogP contribution in [0.5, 0.6) is 0 Å². The molecule has 0 aliphatic carbocycles. The second kappa shape index (κ2) is 5.84. The zero-order chi connectivity index (χ0) is 12.8. The van der Waals surface area contributed by atoms with E-state index in [1.54, 1.807) is 26.2 Å². The van der Waals surface area contributed by atoms with Gasteiger partial charge in [-0.3, -0.25) is 4.79 Å². The number of allylic oxidation sites excluding steroid dienone is 1. The third kappa shape index (κ3) is 4.10. The Morgan fingerprint density at radius 1 is 1.18 bits per heavy atom.